The summed E-state index contributed by atoms with van der Waals surface area (Å²) in [5.41, 5.74) is 9.87. The van der Waals surface area contributed by atoms with Crippen LogP contribution in [0.3, 0.4) is 0 Å². The predicted molar refractivity (Wildman–Crippen MR) is 180 cm³/mol. The SMILES string of the molecule is CC.CCCc1cccc(C)c1-c1ccc(SN(C)CC(O)CNC(C)(C)CC2Cc3ccccc3C2)c(CC)c1. The van der Waals surface area contributed by atoms with Crippen LogP contribution in [0.1, 0.15) is 82.2 Å². The molecule has 0 aliphatic heterocycles. The van der Waals surface area contributed by atoms with Crippen molar-refractivity contribution in [3.63, 3.8) is 0 Å². The fourth-order valence-corrected chi connectivity index (χ4v) is 7.30. The molecule has 0 fully saturated rings. The summed E-state index contributed by atoms with van der Waals surface area (Å²) in [6, 6.07) is 22.5. The van der Waals surface area contributed by atoms with E-state index in [2.05, 4.69) is 112 Å². The van der Waals surface area contributed by atoms with Crippen LogP contribution in [0.2, 0.25) is 0 Å². The Kier molecular flexibility index (Phi) is 13.0. The minimum absolute atomic E-state index is 0.00316. The van der Waals surface area contributed by atoms with Crippen molar-refractivity contribution in [2.75, 3.05) is 20.1 Å². The summed E-state index contributed by atoms with van der Waals surface area (Å²) in [4.78, 5) is 1.27. The number of likely N-dealkylation sites (N-methyl/N-ethyl adjacent to an activating group) is 1. The highest BCUT2D eigenvalue weighted by Gasteiger charge is 2.28. The summed E-state index contributed by atoms with van der Waals surface area (Å²) in [6.07, 6.45) is 6.29. The fourth-order valence-electron chi connectivity index (χ4n) is 6.27. The van der Waals surface area contributed by atoms with Crippen molar-refractivity contribution in [3.05, 3.63) is 88.5 Å². The van der Waals surface area contributed by atoms with E-state index in [4.69, 9.17) is 0 Å². The summed E-state index contributed by atoms with van der Waals surface area (Å²) in [5, 5.41) is 14.5. The lowest BCUT2D eigenvalue weighted by Gasteiger charge is -2.31. The summed E-state index contributed by atoms with van der Waals surface area (Å²) in [6.45, 7) is 16.5. The molecule has 1 atom stereocenters. The van der Waals surface area contributed by atoms with Crippen molar-refractivity contribution in [3.8, 4) is 11.1 Å². The molecule has 224 valence electrons. The molecule has 0 saturated heterocycles. The smallest absolute Gasteiger partial charge is 0.0800 e. The van der Waals surface area contributed by atoms with E-state index in [0.717, 1.165) is 25.7 Å². The van der Waals surface area contributed by atoms with Crippen LogP contribution in [0.15, 0.2) is 65.6 Å². The Morgan fingerprint density at radius 1 is 0.976 bits per heavy atom. The van der Waals surface area contributed by atoms with Gasteiger partial charge in [0.05, 0.1) is 6.10 Å². The first kappa shape index (κ1) is 33.4. The number of aliphatic hydroxyl groups is 1. The molecule has 0 spiro atoms. The summed E-state index contributed by atoms with van der Waals surface area (Å²) >= 11 is 1.74. The first-order chi connectivity index (χ1) is 19.7. The number of benzene rings is 3. The Morgan fingerprint density at radius 3 is 2.29 bits per heavy atom. The molecule has 4 rings (SSSR count). The number of aryl methyl sites for hydroxylation is 3. The van der Waals surface area contributed by atoms with Crippen LogP contribution >= 0.6 is 11.9 Å². The Hall–Kier alpha value is -2.11. The third-order valence-corrected chi connectivity index (χ3v) is 9.14. The third-order valence-electron chi connectivity index (χ3n) is 8.08. The topological polar surface area (TPSA) is 35.5 Å². The van der Waals surface area contributed by atoms with Crippen molar-refractivity contribution >= 4 is 11.9 Å². The molecule has 0 heterocycles. The highest BCUT2D eigenvalue weighted by atomic mass is 32.2. The first-order valence-corrected chi connectivity index (χ1v) is 16.6. The quantitative estimate of drug-likeness (QED) is 0.200. The Balaban J connectivity index is 0.00000226. The third kappa shape index (κ3) is 9.44. The Morgan fingerprint density at radius 2 is 1.66 bits per heavy atom. The molecular weight excluding hydrogens is 520 g/mol. The normalized spacial score (nSPS) is 14.1. The van der Waals surface area contributed by atoms with Gasteiger partial charge in [-0.2, -0.15) is 0 Å². The zero-order valence-corrected chi connectivity index (χ0v) is 27.7. The number of hydrogen-bond donors (Lipinski definition) is 2. The molecule has 1 unspecified atom stereocenters. The van der Waals surface area contributed by atoms with Gasteiger partial charge in [0, 0.05) is 23.5 Å². The van der Waals surface area contributed by atoms with E-state index in [1.807, 2.05) is 13.8 Å². The maximum Gasteiger partial charge on any atom is 0.0800 e. The van der Waals surface area contributed by atoms with Gasteiger partial charge >= 0.3 is 0 Å². The van der Waals surface area contributed by atoms with Crippen LogP contribution in [0.25, 0.3) is 11.1 Å². The zero-order chi connectivity index (χ0) is 30.0. The molecule has 0 amide bonds. The van der Waals surface area contributed by atoms with Crippen LogP contribution in [0.5, 0.6) is 0 Å². The molecule has 1 aliphatic carbocycles. The second-order valence-corrected chi connectivity index (χ2v) is 13.3. The van der Waals surface area contributed by atoms with Gasteiger partial charge < -0.3 is 10.4 Å². The molecule has 0 saturated carbocycles. The van der Waals surface area contributed by atoms with Crippen LogP contribution in [-0.4, -0.2) is 41.2 Å². The van der Waals surface area contributed by atoms with E-state index >= 15 is 0 Å². The summed E-state index contributed by atoms with van der Waals surface area (Å²) < 4.78 is 2.18. The van der Waals surface area contributed by atoms with E-state index in [0.29, 0.717) is 19.0 Å². The highest BCUT2D eigenvalue weighted by Crippen LogP contribution is 2.34. The second-order valence-electron chi connectivity index (χ2n) is 12.1. The summed E-state index contributed by atoms with van der Waals surface area (Å²) in [7, 11) is 2.09. The molecule has 0 radical (unpaired) electrons. The van der Waals surface area contributed by atoms with Crippen LogP contribution in [0.4, 0.5) is 0 Å². The fraction of sp³-hybridized carbons (Fsp3) is 0.514. The lowest BCUT2D eigenvalue weighted by Crippen LogP contribution is -2.46. The van der Waals surface area contributed by atoms with Gasteiger partial charge in [0.2, 0.25) is 0 Å². The van der Waals surface area contributed by atoms with Gasteiger partial charge in [-0.05, 0) is 129 Å². The molecule has 3 aromatic rings. The van der Waals surface area contributed by atoms with Gasteiger partial charge in [-0.3, -0.25) is 0 Å². The average Bonchev–Trinajstić information content (AvgIpc) is 3.35. The molecule has 4 heteroatoms. The van der Waals surface area contributed by atoms with Gasteiger partial charge in [-0.25, -0.2) is 4.31 Å². The maximum atomic E-state index is 10.9. The van der Waals surface area contributed by atoms with Crippen LogP contribution < -0.4 is 5.32 Å². The monoisotopic (exact) mass is 574 g/mol. The average molecular weight is 575 g/mol. The predicted octanol–water partition coefficient (Wildman–Crippen LogP) is 8.68. The molecule has 2 N–H and O–H groups in total. The molecular formula is C37H54N2OS. The van der Waals surface area contributed by atoms with Crippen LogP contribution in [-0.2, 0) is 25.7 Å². The lowest BCUT2D eigenvalue weighted by atomic mass is 9.88. The van der Waals surface area contributed by atoms with Crippen molar-refractivity contribution in [2.24, 2.45) is 5.92 Å². The minimum atomic E-state index is -0.421. The van der Waals surface area contributed by atoms with E-state index in [9.17, 15) is 5.11 Å². The number of nitrogens with one attached hydrogen (secondary N) is 1. The summed E-state index contributed by atoms with van der Waals surface area (Å²) in [5.74, 6) is 0.674. The van der Waals surface area contributed by atoms with Gasteiger partial charge in [0.25, 0.3) is 0 Å². The van der Waals surface area contributed by atoms with Crippen molar-refractivity contribution < 1.29 is 5.11 Å². The molecule has 1 aliphatic rings. The standard InChI is InChI=1S/C35H48N2OS.C2H6/c1-7-12-28-16-11-13-25(3)34(28)31-17-18-33(27(8-2)21-31)39-37(6)24-32(38)23-36-35(4,5)22-26-19-29-14-9-10-15-30(29)20-26;1-2/h9-11,13-18,21,26,32,36,38H,7-8,12,19-20,22-24H2,1-6H3;1-2H3. The Bertz CT molecular complexity index is 1210. The van der Waals surface area contributed by atoms with E-state index in [1.165, 1.54) is 56.7 Å². The van der Waals surface area contributed by atoms with E-state index in [1.54, 1.807) is 11.9 Å². The van der Waals surface area contributed by atoms with Gasteiger partial charge in [-0.15, -0.1) is 0 Å². The highest BCUT2D eigenvalue weighted by molar-refractivity contribution is 7.97. The largest absolute Gasteiger partial charge is 0.390 e. The van der Waals surface area contributed by atoms with Gasteiger partial charge in [0.15, 0.2) is 0 Å². The number of β-amino-alcohol motifs (C(OH)–C–C–N with tert-alkyl or cyclic N) is 1. The van der Waals surface area contributed by atoms with Crippen molar-refractivity contribution in [1.29, 1.82) is 0 Å². The molecule has 41 heavy (non-hydrogen) atoms. The number of nitrogens with zero attached hydrogens (tertiary/aromatic N) is 1. The van der Waals surface area contributed by atoms with Crippen LogP contribution in [0, 0.1) is 12.8 Å². The molecule has 0 bridgehead atoms. The zero-order valence-electron chi connectivity index (χ0n) is 26.9. The first-order valence-electron chi connectivity index (χ1n) is 15.8. The number of fused-ring (bicyclic) bond motifs is 1. The van der Waals surface area contributed by atoms with Gasteiger partial charge in [0.1, 0.15) is 0 Å². The molecule has 3 nitrogen and oxygen atoms in total. The Labute approximate surface area is 255 Å². The van der Waals surface area contributed by atoms with E-state index < -0.39 is 6.10 Å². The van der Waals surface area contributed by atoms with Crippen molar-refractivity contribution in [2.45, 2.75) is 104 Å². The number of hydrogen-bond acceptors (Lipinski definition) is 4. The number of rotatable bonds is 13. The van der Waals surface area contributed by atoms with Gasteiger partial charge in [-0.1, -0.05) is 82.6 Å². The minimum Gasteiger partial charge on any atom is -0.390 e. The molecule has 3 aromatic carbocycles. The van der Waals surface area contributed by atoms with E-state index in [-0.39, 0.29) is 5.54 Å². The van der Waals surface area contributed by atoms with Crippen molar-refractivity contribution in [1.82, 2.24) is 9.62 Å². The second kappa shape index (κ2) is 15.9. The lowest BCUT2D eigenvalue weighted by molar-refractivity contribution is 0.138. The maximum absolute atomic E-state index is 10.9. The number of aliphatic hydroxyl groups excluding tert-OH is 1. The molecule has 0 aromatic heterocycles.